The number of nitriles is 1. The molecule has 0 aliphatic carbocycles. The van der Waals surface area contributed by atoms with E-state index in [4.69, 9.17) is 5.26 Å². The summed E-state index contributed by atoms with van der Waals surface area (Å²) in [5, 5.41) is 12.0. The molecule has 0 radical (unpaired) electrons. The SMILES string of the molecule is CC(C)(C)Nc1cccnc1C#N. The molecule has 3 nitrogen and oxygen atoms in total. The fourth-order valence-corrected chi connectivity index (χ4v) is 0.999. The molecule has 0 fully saturated rings. The van der Waals surface area contributed by atoms with Crippen LogP contribution in [0.25, 0.3) is 0 Å². The molecule has 1 aromatic rings. The van der Waals surface area contributed by atoms with Crippen molar-refractivity contribution in [2.75, 3.05) is 5.32 Å². The fraction of sp³-hybridized carbons (Fsp3) is 0.400. The summed E-state index contributed by atoms with van der Waals surface area (Å²) in [6, 6.07) is 5.72. The molecule has 0 spiro atoms. The van der Waals surface area contributed by atoms with Crippen LogP contribution in [0.15, 0.2) is 18.3 Å². The van der Waals surface area contributed by atoms with E-state index >= 15 is 0 Å². The maximum atomic E-state index is 8.76. The van der Waals surface area contributed by atoms with Crippen molar-refractivity contribution in [2.24, 2.45) is 0 Å². The van der Waals surface area contributed by atoms with E-state index in [0.29, 0.717) is 5.69 Å². The molecule has 68 valence electrons. The fourth-order valence-electron chi connectivity index (χ4n) is 0.999. The lowest BCUT2D eigenvalue weighted by Crippen LogP contribution is -2.26. The van der Waals surface area contributed by atoms with Gasteiger partial charge in [0.1, 0.15) is 6.07 Å². The van der Waals surface area contributed by atoms with E-state index in [-0.39, 0.29) is 5.54 Å². The predicted octanol–water partition coefficient (Wildman–Crippen LogP) is 2.16. The summed E-state index contributed by atoms with van der Waals surface area (Å²) in [6.45, 7) is 6.13. The van der Waals surface area contributed by atoms with E-state index in [0.717, 1.165) is 5.69 Å². The molecular weight excluding hydrogens is 162 g/mol. The average molecular weight is 175 g/mol. The molecule has 0 bridgehead atoms. The molecule has 3 heteroatoms. The third kappa shape index (κ3) is 2.75. The van der Waals surface area contributed by atoms with Crippen molar-refractivity contribution >= 4 is 5.69 Å². The van der Waals surface area contributed by atoms with Crippen LogP contribution in [0.5, 0.6) is 0 Å². The van der Waals surface area contributed by atoms with Gasteiger partial charge in [-0.3, -0.25) is 0 Å². The summed E-state index contributed by atoms with van der Waals surface area (Å²) in [5.41, 5.74) is 1.18. The van der Waals surface area contributed by atoms with Crippen molar-refractivity contribution < 1.29 is 0 Å². The van der Waals surface area contributed by atoms with Crippen LogP contribution in [0.4, 0.5) is 5.69 Å². The molecule has 0 unspecified atom stereocenters. The number of rotatable bonds is 1. The molecule has 1 heterocycles. The van der Waals surface area contributed by atoms with Gasteiger partial charge in [0, 0.05) is 11.7 Å². The number of nitrogens with one attached hydrogen (secondary N) is 1. The molecule has 0 saturated carbocycles. The average Bonchev–Trinajstić information content (AvgIpc) is 2.02. The molecule has 1 aromatic heterocycles. The molecular formula is C10H13N3. The molecule has 0 atom stereocenters. The van der Waals surface area contributed by atoms with Crippen LogP contribution >= 0.6 is 0 Å². The topological polar surface area (TPSA) is 48.7 Å². The Balaban J connectivity index is 2.96. The highest BCUT2D eigenvalue weighted by Gasteiger charge is 2.11. The molecule has 0 aliphatic rings. The zero-order valence-electron chi connectivity index (χ0n) is 8.13. The van der Waals surface area contributed by atoms with Gasteiger partial charge in [-0.05, 0) is 32.9 Å². The Morgan fingerprint density at radius 1 is 1.46 bits per heavy atom. The lowest BCUT2D eigenvalue weighted by molar-refractivity contribution is 0.633. The van der Waals surface area contributed by atoms with E-state index in [1.165, 1.54) is 0 Å². The zero-order valence-corrected chi connectivity index (χ0v) is 8.13. The summed E-state index contributed by atoms with van der Waals surface area (Å²) in [5.74, 6) is 0. The second-order valence-corrected chi connectivity index (χ2v) is 3.89. The van der Waals surface area contributed by atoms with Crippen LogP contribution < -0.4 is 5.32 Å². The highest BCUT2D eigenvalue weighted by Crippen LogP contribution is 2.16. The van der Waals surface area contributed by atoms with Crippen molar-refractivity contribution in [1.82, 2.24) is 4.98 Å². The molecule has 13 heavy (non-hydrogen) atoms. The van der Waals surface area contributed by atoms with Crippen LogP contribution in [-0.4, -0.2) is 10.5 Å². The largest absolute Gasteiger partial charge is 0.378 e. The normalized spacial score (nSPS) is 10.6. The number of hydrogen-bond donors (Lipinski definition) is 1. The Morgan fingerprint density at radius 2 is 2.15 bits per heavy atom. The Hall–Kier alpha value is -1.56. The van der Waals surface area contributed by atoms with Crippen LogP contribution in [0, 0.1) is 11.3 Å². The lowest BCUT2D eigenvalue weighted by Gasteiger charge is -2.22. The third-order valence-corrected chi connectivity index (χ3v) is 1.42. The van der Waals surface area contributed by atoms with Gasteiger partial charge < -0.3 is 5.32 Å². The standard InChI is InChI=1S/C10H13N3/c1-10(2,3)13-8-5-4-6-12-9(8)7-11/h4-6,13H,1-3H3. The Bertz CT molecular complexity index is 331. The first-order chi connectivity index (χ1) is 6.03. The predicted molar refractivity (Wildman–Crippen MR) is 52.3 cm³/mol. The molecule has 1 rings (SSSR count). The highest BCUT2D eigenvalue weighted by atomic mass is 15.0. The molecule has 0 amide bonds. The van der Waals surface area contributed by atoms with Crippen molar-refractivity contribution in [3.63, 3.8) is 0 Å². The second kappa shape index (κ2) is 3.44. The van der Waals surface area contributed by atoms with E-state index in [1.54, 1.807) is 6.20 Å². The van der Waals surface area contributed by atoms with Crippen molar-refractivity contribution in [3.05, 3.63) is 24.0 Å². The molecule has 0 aliphatic heterocycles. The summed E-state index contributed by atoms with van der Waals surface area (Å²) >= 11 is 0. The van der Waals surface area contributed by atoms with Gasteiger partial charge in [-0.15, -0.1) is 0 Å². The van der Waals surface area contributed by atoms with Crippen LogP contribution in [0.3, 0.4) is 0 Å². The van der Waals surface area contributed by atoms with Crippen molar-refractivity contribution in [1.29, 1.82) is 5.26 Å². The van der Waals surface area contributed by atoms with Crippen LogP contribution in [-0.2, 0) is 0 Å². The number of hydrogen-bond acceptors (Lipinski definition) is 3. The zero-order chi connectivity index (χ0) is 9.90. The van der Waals surface area contributed by atoms with E-state index in [1.807, 2.05) is 39.0 Å². The maximum absolute atomic E-state index is 8.76. The van der Waals surface area contributed by atoms with E-state index < -0.39 is 0 Å². The number of pyridine rings is 1. The van der Waals surface area contributed by atoms with E-state index in [9.17, 15) is 0 Å². The Labute approximate surface area is 78.4 Å². The van der Waals surface area contributed by atoms with Crippen LogP contribution in [0.2, 0.25) is 0 Å². The van der Waals surface area contributed by atoms with Crippen molar-refractivity contribution in [2.45, 2.75) is 26.3 Å². The second-order valence-electron chi connectivity index (χ2n) is 3.89. The molecule has 1 N–H and O–H groups in total. The summed E-state index contributed by atoms with van der Waals surface area (Å²) in [7, 11) is 0. The maximum Gasteiger partial charge on any atom is 0.163 e. The summed E-state index contributed by atoms with van der Waals surface area (Å²) < 4.78 is 0. The first-order valence-corrected chi connectivity index (χ1v) is 4.16. The Morgan fingerprint density at radius 3 is 2.69 bits per heavy atom. The van der Waals surface area contributed by atoms with Gasteiger partial charge >= 0.3 is 0 Å². The highest BCUT2D eigenvalue weighted by molar-refractivity contribution is 5.54. The minimum absolute atomic E-state index is 0.0470. The van der Waals surface area contributed by atoms with Gasteiger partial charge in [0.05, 0.1) is 5.69 Å². The smallest absolute Gasteiger partial charge is 0.163 e. The summed E-state index contributed by atoms with van der Waals surface area (Å²) in [6.07, 6.45) is 1.62. The lowest BCUT2D eigenvalue weighted by atomic mass is 10.1. The number of aromatic nitrogens is 1. The van der Waals surface area contributed by atoms with Crippen molar-refractivity contribution in [3.8, 4) is 6.07 Å². The minimum Gasteiger partial charge on any atom is -0.378 e. The van der Waals surface area contributed by atoms with Gasteiger partial charge in [0.25, 0.3) is 0 Å². The third-order valence-electron chi connectivity index (χ3n) is 1.42. The number of nitrogens with zero attached hydrogens (tertiary/aromatic N) is 2. The van der Waals surface area contributed by atoms with Gasteiger partial charge in [-0.25, -0.2) is 4.98 Å². The van der Waals surface area contributed by atoms with Gasteiger partial charge in [-0.1, -0.05) is 0 Å². The van der Waals surface area contributed by atoms with Gasteiger partial charge in [0.2, 0.25) is 0 Å². The number of anilines is 1. The summed E-state index contributed by atoms with van der Waals surface area (Å²) in [4.78, 5) is 3.96. The first-order valence-electron chi connectivity index (χ1n) is 4.16. The van der Waals surface area contributed by atoms with E-state index in [2.05, 4.69) is 10.3 Å². The van der Waals surface area contributed by atoms with Crippen LogP contribution in [0.1, 0.15) is 26.5 Å². The minimum atomic E-state index is -0.0470. The van der Waals surface area contributed by atoms with Gasteiger partial charge in [0.15, 0.2) is 5.69 Å². The van der Waals surface area contributed by atoms with Gasteiger partial charge in [-0.2, -0.15) is 5.26 Å². The Kier molecular flexibility index (Phi) is 2.52. The molecule has 0 aromatic carbocycles. The first kappa shape index (κ1) is 9.53. The molecule has 0 saturated heterocycles. The quantitative estimate of drug-likeness (QED) is 0.711. The monoisotopic (exact) mass is 175 g/mol.